The minimum Gasteiger partial charge on any atom is -0.381 e. The van der Waals surface area contributed by atoms with E-state index in [4.69, 9.17) is 4.74 Å². The number of hydrogen-bond acceptors (Lipinski definition) is 4. The zero-order chi connectivity index (χ0) is 14.9. The van der Waals surface area contributed by atoms with Crippen LogP contribution in [0.5, 0.6) is 0 Å². The Hall–Kier alpha value is -2.27. The van der Waals surface area contributed by atoms with Crippen LogP contribution in [-0.2, 0) is 4.74 Å². The molecule has 0 aromatic carbocycles. The van der Waals surface area contributed by atoms with E-state index in [0.717, 1.165) is 42.7 Å². The molecule has 0 unspecified atom stereocenters. The summed E-state index contributed by atoms with van der Waals surface area (Å²) in [4.78, 5) is 8.88. The van der Waals surface area contributed by atoms with Gasteiger partial charge in [-0.1, -0.05) is 0 Å². The first-order chi connectivity index (χ1) is 10.8. The van der Waals surface area contributed by atoms with Crippen molar-refractivity contribution in [1.29, 1.82) is 0 Å². The lowest BCUT2D eigenvalue weighted by Crippen LogP contribution is -2.15. The largest absolute Gasteiger partial charge is 0.381 e. The van der Waals surface area contributed by atoms with E-state index in [1.54, 1.807) is 0 Å². The number of fused-ring (bicyclic) bond motifs is 1. The molecule has 1 saturated heterocycles. The summed E-state index contributed by atoms with van der Waals surface area (Å²) in [5.74, 6) is 0.482. The number of H-pyrrole nitrogens is 1. The van der Waals surface area contributed by atoms with E-state index in [-0.39, 0.29) is 0 Å². The molecule has 1 aliphatic rings. The van der Waals surface area contributed by atoms with Crippen LogP contribution in [0.15, 0.2) is 30.9 Å². The number of nitrogens with one attached hydrogen (secondary N) is 1. The van der Waals surface area contributed by atoms with Gasteiger partial charge in [0.1, 0.15) is 0 Å². The van der Waals surface area contributed by atoms with Crippen LogP contribution in [0.1, 0.15) is 29.9 Å². The molecule has 5 nitrogen and oxygen atoms in total. The topological polar surface area (TPSA) is 63.7 Å². The molecule has 0 spiro atoms. The zero-order valence-electron chi connectivity index (χ0n) is 12.5. The number of aryl methyl sites for hydroxylation is 1. The molecule has 1 aliphatic heterocycles. The van der Waals surface area contributed by atoms with Crippen molar-refractivity contribution >= 4 is 11.0 Å². The molecule has 0 atom stereocenters. The molecule has 1 N–H and O–H groups in total. The Morgan fingerprint density at radius 2 is 2.05 bits per heavy atom. The molecular weight excluding hydrogens is 276 g/mol. The Bertz CT molecular complexity index is 805. The Morgan fingerprint density at radius 3 is 2.86 bits per heavy atom. The van der Waals surface area contributed by atoms with Crippen molar-refractivity contribution in [2.24, 2.45) is 0 Å². The van der Waals surface area contributed by atoms with Gasteiger partial charge >= 0.3 is 0 Å². The molecule has 3 aromatic rings. The lowest BCUT2D eigenvalue weighted by atomic mass is 9.85. The predicted octanol–water partition coefficient (Wildman–Crippen LogP) is 3.22. The fourth-order valence-corrected chi connectivity index (χ4v) is 3.26. The van der Waals surface area contributed by atoms with Crippen LogP contribution in [0.2, 0.25) is 0 Å². The van der Waals surface area contributed by atoms with Crippen molar-refractivity contribution in [3.8, 4) is 11.1 Å². The van der Waals surface area contributed by atoms with Crippen LogP contribution in [0.25, 0.3) is 22.2 Å². The van der Waals surface area contributed by atoms with Crippen LogP contribution in [0.4, 0.5) is 0 Å². The van der Waals surface area contributed by atoms with Gasteiger partial charge in [-0.25, -0.2) is 4.98 Å². The SMILES string of the molecule is Cc1ccncc1-c1c(C2CCOCC2)cnc2[nH]ncc12. The Kier molecular flexibility index (Phi) is 3.35. The van der Waals surface area contributed by atoms with Crippen molar-refractivity contribution in [2.45, 2.75) is 25.7 Å². The van der Waals surface area contributed by atoms with Crippen molar-refractivity contribution in [2.75, 3.05) is 13.2 Å². The van der Waals surface area contributed by atoms with E-state index in [9.17, 15) is 0 Å². The summed E-state index contributed by atoms with van der Waals surface area (Å²) in [6.07, 6.45) is 9.72. The van der Waals surface area contributed by atoms with Crippen molar-refractivity contribution in [1.82, 2.24) is 20.2 Å². The molecule has 0 bridgehead atoms. The lowest BCUT2D eigenvalue weighted by Gasteiger charge is -2.25. The van der Waals surface area contributed by atoms with Gasteiger partial charge in [-0.05, 0) is 42.9 Å². The third kappa shape index (κ3) is 2.18. The van der Waals surface area contributed by atoms with Crippen LogP contribution in [0.3, 0.4) is 0 Å². The first-order valence-electron chi connectivity index (χ1n) is 7.65. The van der Waals surface area contributed by atoms with Crippen LogP contribution < -0.4 is 0 Å². The highest BCUT2D eigenvalue weighted by atomic mass is 16.5. The number of nitrogens with zero attached hydrogens (tertiary/aromatic N) is 3. The molecule has 0 radical (unpaired) electrons. The van der Waals surface area contributed by atoms with E-state index < -0.39 is 0 Å². The van der Waals surface area contributed by atoms with Gasteiger partial charge in [-0.2, -0.15) is 5.10 Å². The highest BCUT2D eigenvalue weighted by Gasteiger charge is 2.23. The molecule has 3 aromatic heterocycles. The summed E-state index contributed by atoms with van der Waals surface area (Å²) >= 11 is 0. The maximum absolute atomic E-state index is 5.51. The monoisotopic (exact) mass is 294 g/mol. The van der Waals surface area contributed by atoms with E-state index in [2.05, 4.69) is 33.2 Å². The zero-order valence-corrected chi connectivity index (χ0v) is 12.5. The molecule has 5 heteroatoms. The minimum atomic E-state index is 0.482. The predicted molar refractivity (Wildman–Crippen MR) is 84.7 cm³/mol. The third-order valence-electron chi connectivity index (χ3n) is 4.48. The van der Waals surface area contributed by atoms with Gasteiger partial charge in [-0.3, -0.25) is 10.1 Å². The van der Waals surface area contributed by atoms with Gasteiger partial charge in [0.2, 0.25) is 0 Å². The van der Waals surface area contributed by atoms with Crippen molar-refractivity contribution in [3.05, 3.63) is 42.0 Å². The minimum absolute atomic E-state index is 0.482. The average molecular weight is 294 g/mol. The van der Waals surface area contributed by atoms with Gasteiger partial charge in [0, 0.05) is 48.3 Å². The molecular formula is C17H18N4O. The average Bonchev–Trinajstić information content (AvgIpc) is 3.04. The van der Waals surface area contributed by atoms with Crippen LogP contribution in [0, 0.1) is 6.92 Å². The van der Waals surface area contributed by atoms with Crippen LogP contribution >= 0.6 is 0 Å². The smallest absolute Gasteiger partial charge is 0.155 e. The first-order valence-corrected chi connectivity index (χ1v) is 7.65. The Balaban J connectivity index is 1.96. The van der Waals surface area contributed by atoms with Crippen molar-refractivity contribution < 1.29 is 4.74 Å². The van der Waals surface area contributed by atoms with E-state index >= 15 is 0 Å². The summed E-state index contributed by atoms with van der Waals surface area (Å²) in [6.45, 7) is 3.76. The van der Waals surface area contributed by atoms with E-state index in [1.807, 2.05) is 24.8 Å². The quantitative estimate of drug-likeness (QED) is 0.788. The lowest BCUT2D eigenvalue weighted by molar-refractivity contribution is 0.0854. The van der Waals surface area contributed by atoms with Gasteiger partial charge in [-0.15, -0.1) is 0 Å². The maximum atomic E-state index is 5.51. The normalized spacial score (nSPS) is 16.2. The van der Waals surface area contributed by atoms with Gasteiger partial charge in [0.15, 0.2) is 5.65 Å². The first kappa shape index (κ1) is 13.4. The number of hydrogen-bond donors (Lipinski definition) is 1. The number of aromatic amines is 1. The summed E-state index contributed by atoms with van der Waals surface area (Å²) in [6, 6.07) is 2.05. The molecule has 0 saturated carbocycles. The fourth-order valence-electron chi connectivity index (χ4n) is 3.26. The van der Waals surface area contributed by atoms with E-state index in [0.29, 0.717) is 5.92 Å². The van der Waals surface area contributed by atoms with Crippen LogP contribution in [-0.4, -0.2) is 33.4 Å². The summed E-state index contributed by atoms with van der Waals surface area (Å²) in [7, 11) is 0. The summed E-state index contributed by atoms with van der Waals surface area (Å²) in [5.41, 5.74) is 5.72. The van der Waals surface area contributed by atoms with E-state index in [1.165, 1.54) is 16.7 Å². The molecule has 112 valence electrons. The molecule has 4 heterocycles. The van der Waals surface area contributed by atoms with Gasteiger partial charge < -0.3 is 4.74 Å². The molecule has 0 amide bonds. The summed E-state index contributed by atoms with van der Waals surface area (Å²) < 4.78 is 5.51. The Labute approximate surface area is 128 Å². The third-order valence-corrected chi connectivity index (χ3v) is 4.48. The molecule has 1 fully saturated rings. The molecule has 22 heavy (non-hydrogen) atoms. The summed E-state index contributed by atoms with van der Waals surface area (Å²) in [5, 5.41) is 8.21. The molecule has 4 rings (SSSR count). The Morgan fingerprint density at radius 1 is 1.18 bits per heavy atom. The van der Waals surface area contributed by atoms with Crippen molar-refractivity contribution in [3.63, 3.8) is 0 Å². The van der Waals surface area contributed by atoms with Gasteiger partial charge in [0.05, 0.1) is 6.20 Å². The second kappa shape index (κ2) is 5.50. The maximum Gasteiger partial charge on any atom is 0.155 e. The highest BCUT2D eigenvalue weighted by molar-refractivity contribution is 5.94. The number of aromatic nitrogens is 4. The fraction of sp³-hybridized carbons (Fsp3) is 0.353. The number of rotatable bonds is 2. The highest BCUT2D eigenvalue weighted by Crippen LogP contribution is 2.38. The second-order valence-electron chi connectivity index (χ2n) is 5.80. The molecule has 0 aliphatic carbocycles. The second-order valence-corrected chi connectivity index (χ2v) is 5.80. The standard InChI is InChI=1S/C17H18N4O/c1-11-2-5-18-8-13(11)16-14(12-3-6-22-7-4-12)9-19-17-15(16)10-20-21-17/h2,5,8-10,12H,3-4,6-7H2,1H3,(H,19,20,21). The number of ether oxygens (including phenoxy) is 1. The van der Waals surface area contributed by atoms with Gasteiger partial charge in [0.25, 0.3) is 0 Å². The number of pyridine rings is 2.